The smallest absolute Gasteiger partial charge is 0.123 e. The molecule has 1 aliphatic rings. The van der Waals surface area contributed by atoms with Gasteiger partial charge >= 0.3 is 0 Å². The Morgan fingerprint density at radius 2 is 1.96 bits per heavy atom. The summed E-state index contributed by atoms with van der Waals surface area (Å²) in [5, 5.41) is 8.33. The van der Waals surface area contributed by atoms with Gasteiger partial charge in [-0.05, 0) is 70.7 Å². The lowest BCUT2D eigenvalue weighted by molar-refractivity contribution is 0.0757. The fourth-order valence-electron chi connectivity index (χ4n) is 4.06. The van der Waals surface area contributed by atoms with E-state index in [2.05, 4.69) is 48.0 Å². The Morgan fingerprint density at radius 1 is 1.20 bits per heavy atom. The van der Waals surface area contributed by atoms with Crippen LogP contribution in [0.15, 0.2) is 18.3 Å². The Labute approximate surface area is 157 Å². The highest BCUT2D eigenvalue weighted by molar-refractivity contribution is 5.85. The number of aryl methyl sites for hydroxylation is 1. The molecule has 0 radical (unpaired) electrons. The maximum Gasteiger partial charge on any atom is 0.123 e. The van der Waals surface area contributed by atoms with Crippen molar-refractivity contribution in [1.82, 2.24) is 15.1 Å². The molecule has 25 heavy (non-hydrogen) atoms. The second-order valence-corrected chi connectivity index (χ2v) is 7.12. The zero-order valence-corrected chi connectivity index (χ0v) is 16.6. The van der Waals surface area contributed by atoms with Crippen LogP contribution < -0.4 is 4.74 Å². The summed E-state index contributed by atoms with van der Waals surface area (Å²) in [4.78, 5) is 2.68. The molecule has 2 atom stereocenters. The summed E-state index contributed by atoms with van der Waals surface area (Å²) in [6.07, 6.45) is 9.62. The minimum atomic E-state index is 0. The number of hydrogen-bond acceptors (Lipinski definition) is 3. The number of aromatic nitrogens is 2. The third kappa shape index (κ3) is 4.68. The van der Waals surface area contributed by atoms with Crippen LogP contribution in [0.25, 0.3) is 10.9 Å². The molecule has 0 amide bonds. The van der Waals surface area contributed by atoms with E-state index in [1.54, 1.807) is 0 Å². The van der Waals surface area contributed by atoms with Gasteiger partial charge in [0.2, 0.25) is 0 Å². The van der Waals surface area contributed by atoms with Crippen molar-refractivity contribution in [3.63, 3.8) is 0 Å². The van der Waals surface area contributed by atoms with E-state index >= 15 is 0 Å². The van der Waals surface area contributed by atoms with E-state index < -0.39 is 0 Å². The molecule has 1 aromatic carbocycles. The summed E-state index contributed by atoms with van der Waals surface area (Å²) in [5.41, 5.74) is 2.28. The van der Waals surface area contributed by atoms with Gasteiger partial charge in [-0.2, -0.15) is 5.10 Å². The minimum absolute atomic E-state index is 0. The molecule has 0 bridgehead atoms. The Morgan fingerprint density at radius 3 is 2.68 bits per heavy atom. The van der Waals surface area contributed by atoms with Crippen LogP contribution in [0.4, 0.5) is 0 Å². The van der Waals surface area contributed by atoms with E-state index in [0.29, 0.717) is 12.1 Å². The predicted octanol–water partition coefficient (Wildman–Crippen LogP) is 5.11. The van der Waals surface area contributed by atoms with Gasteiger partial charge in [0.25, 0.3) is 0 Å². The average molecular weight is 366 g/mol. The molecule has 3 rings (SSSR count). The highest BCUT2D eigenvalue weighted by Crippen LogP contribution is 2.31. The van der Waals surface area contributed by atoms with Gasteiger partial charge in [0.15, 0.2) is 0 Å². The van der Waals surface area contributed by atoms with E-state index in [0.717, 1.165) is 17.7 Å². The standard InChI is InChI=1S/C20H31N3O.ClH/c1-4-11-23(12-5-2)16-7-6-8-17(13-16)24-20-10-9-19-18(15(20)3)14-21-22-19;/h9-10,14,16-17H,4-8,11-13H2,1-3H3,(H,21,22);1H. The maximum absolute atomic E-state index is 6.43. The van der Waals surface area contributed by atoms with Crippen LogP contribution in [-0.4, -0.2) is 40.3 Å². The summed E-state index contributed by atoms with van der Waals surface area (Å²) in [5.74, 6) is 1.02. The molecule has 1 aromatic heterocycles. The summed E-state index contributed by atoms with van der Waals surface area (Å²) >= 11 is 0. The van der Waals surface area contributed by atoms with Crippen molar-refractivity contribution in [3.8, 4) is 5.75 Å². The molecule has 0 aliphatic heterocycles. The van der Waals surface area contributed by atoms with E-state index in [1.807, 2.05) is 6.20 Å². The Kier molecular flexibility index (Phi) is 7.57. The first-order valence-electron chi connectivity index (χ1n) is 9.56. The number of nitrogens with zero attached hydrogens (tertiary/aromatic N) is 2. The van der Waals surface area contributed by atoms with Crippen LogP contribution in [0, 0.1) is 6.92 Å². The second-order valence-electron chi connectivity index (χ2n) is 7.12. The van der Waals surface area contributed by atoms with E-state index in [1.165, 1.54) is 56.1 Å². The highest BCUT2D eigenvalue weighted by Gasteiger charge is 2.27. The monoisotopic (exact) mass is 365 g/mol. The quantitative estimate of drug-likeness (QED) is 0.741. The van der Waals surface area contributed by atoms with E-state index in [-0.39, 0.29) is 12.4 Å². The molecule has 1 fully saturated rings. The van der Waals surface area contributed by atoms with Gasteiger partial charge in [-0.25, -0.2) is 0 Å². The zero-order chi connectivity index (χ0) is 16.9. The summed E-state index contributed by atoms with van der Waals surface area (Å²) in [6, 6.07) is 4.85. The highest BCUT2D eigenvalue weighted by atomic mass is 35.5. The molecule has 0 saturated heterocycles. The van der Waals surface area contributed by atoms with Gasteiger partial charge in [-0.15, -0.1) is 12.4 Å². The van der Waals surface area contributed by atoms with Gasteiger partial charge < -0.3 is 9.64 Å². The second kappa shape index (κ2) is 9.44. The van der Waals surface area contributed by atoms with Crippen molar-refractivity contribution in [3.05, 3.63) is 23.9 Å². The number of ether oxygens (including phenoxy) is 1. The molecule has 140 valence electrons. The minimum Gasteiger partial charge on any atom is -0.490 e. The third-order valence-electron chi connectivity index (χ3n) is 5.27. The van der Waals surface area contributed by atoms with Crippen LogP contribution in [0.1, 0.15) is 57.9 Å². The molecule has 1 aliphatic carbocycles. The number of H-pyrrole nitrogens is 1. The van der Waals surface area contributed by atoms with Gasteiger partial charge in [0.1, 0.15) is 11.9 Å². The zero-order valence-electron chi connectivity index (χ0n) is 15.8. The number of hydrogen-bond donors (Lipinski definition) is 1. The van der Waals surface area contributed by atoms with Gasteiger partial charge in [-0.3, -0.25) is 5.10 Å². The Bertz CT molecular complexity index is 651. The number of rotatable bonds is 7. The molecular weight excluding hydrogens is 334 g/mol. The molecule has 0 spiro atoms. The third-order valence-corrected chi connectivity index (χ3v) is 5.27. The van der Waals surface area contributed by atoms with Crippen LogP contribution in [-0.2, 0) is 0 Å². The molecular formula is C20H32ClN3O. The van der Waals surface area contributed by atoms with Gasteiger partial charge in [0.05, 0.1) is 11.7 Å². The Hall–Kier alpha value is -1.26. The largest absolute Gasteiger partial charge is 0.490 e. The fraction of sp³-hybridized carbons (Fsp3) is 0.650. The van der Waals surface area contributed by atoms with Crippen molar-refractivity contribution in [2.45, 2.75) is 71.4 Å². The Balaban J connectivity index is 0.00000225. The number of benzene rings is 1. The summed E-state index contributed by atoms with van der Waals surface area (Å²) in [7, 11) is 0. The summed E-state index contributed by atoms with van der Waals surface area (Å²) in [6.45, 7) is 9.12. The normalized spacial score (nSPS) is 20.6. The molecule has 2 aromatic rings. The summed E-state index contributed by atoms with van der Waals surface area (Å²) < 4.78 is 6.43. The lowest BCUT2D eigenvalue weighted by Gasteiger charge is -2.37. The lowest BCUT2D eigenvalue weighted by Crippen LogP contribution is -2.42. The van der Waals surface area contributed by atoms with Crippen molar-refractivity contribution in [2.75, 3.05) is 13.1 Å². The molecule has 4 nitrogen and oxygen atoms in total. The first kappa shape index (κ1) is 20.1. The van der Waals surface area contributed by atoms with Crippen LogP contribution in [0.3, 0.4) is 0 Å². The van der Waals surface area contributed by atoms with Crippen LogP contribution in [0.2, 0.25) is 0 Å². The number of halogens is 1. The van der Waals surface area contributed by atoms with Gasteiger partial charge in [-0.1, -0.05) is 13.8 Å². The van der Waals surface area contributed by atoms with Crippen molar-refractivity contribution >= 4 is 23.3 Å². The molecule has 2 unspecified atom stereocenters. The molecule has 5 heteroatoms. The maximum atomic E-state index is 6.43. The van der Waals surface area contributed by atoms with E-state index in [4.69, 9.17) is 4.74 Å². The number of nitrogens with one attached hydrogen (secondary N) is 1. The number of fused-ring (bicyclic) bond motifs is 1. The first-order valence-corrected chi connectivity index (χ1v) is 9.56. The van der Waals surface area contributed by atoms with Crippen LogP contribution >= 0.6 is 12.4 Å². The lowest BCUT2D eigenvalue weighted by atomic mass is 9.91. The SMILES string of the molecule is CCCN(CCC)C1CCCC(Oc2ccc3[nH]ncc3c2C)C1.Cl. The van der Waals surface area contributed by atoms with Crippen molar-refractivity contribution in [1.29, 1.82) is 0 Å². The average Bonchev–Trinajstić information content (AvgIpc) is 3.07. The molecule has 1 N–H and O–H groups in total. The molecule has 1 heterocycles. The van der Waals surface area contributed by atoms with Gasteiger partial charge in [0, 0.05) is 17.0 Å². The fourth-order valence-corrected chi connectivity index (χ4v) is 4.06. The van der Waals surface area contributed by atoms with Crippen LogP contribution in [0.5, 0.6) is 5.75 Å². The van der Waals surface area contributed by atoms with E-state index in [9.17, 15) is 0 Å². The van der Waals surface area contributed by atoms with Crippen molar-refractivity contribution in [2.24, 2.45) is 0 Å². The molecule has 1 saturated carbocycles. The number of aromatic amines is 1. The predicted molar refractivity (Wildman–Crippen MR) is 107 cm³/mol. The van der Waals surface area contributed by atoms with Crippen molar-refractivity contribution < 1.29 is 4.74 Å². The first-order chi connectivity index (χ1) is 11.7. The topological polar surface area (TPSA) is 41.1 Å².